The first-order chi connectivity index (χ1) is 9.06. The zero-order chi connectivity index (χ0) is 13.7. The summed E-state index contributed by atoms with van der Waals surface area (Å²) in [6, 6.07) is 8.13. The first-order valence-corrected chi connectivity index (χ1v) is 7.88. The van der Waals surface area contributed by atoms with Crippen LogP contribution in [0.5, 0.6) is 0 Å². The number of fused-ring (bicyclic) bond motifs is 1. The lowest BCUT2D eigenvalue weighted by Crippen LogP contribution is -2.20. The molecule has 6 heteroatoms. The summed E-state index contributed by atoms with van der Waals surface area (Å²) in [7, 11) is -3.83. The predicted molar refractivity (Wildman–Crippen MR) is 75.9 cm³/mol. The van der Waals surface area contributed by atoms with Gasteiger partial charge in [-0.2, -0.15) is 8.42 Å². The van der Waals surface area contributed by atoms with Gasteiger partial charge in [-0.1, -0.05) is 18.2 Å². The average molecular weight is 282 g/mol. The zero-order valence-electron chi connectivity index (χ0n) is 10.6. The number of H-pyrrole nitrogens is 1. The fourth-order valence-corrected chi connectivity index (χ4v) is 2.58. The molecule has 3 N–H and O–H groups in total. The lowest BCUT2D eigenvalue weighted by atomic mass is 10.1. The summed E-state index contributed by atoms with van der Waals surface area (Å²) in [5.41, 5.74) is 2.38. The van der Waals surface area contributed by atoms with E-state index in [9.17, 15) is 8.42 Å². The summed E-state index contributed by atoms with van der Waals surface area (Å²) in [6.45, 7) is 1.37. The number of benzene rings is 1. The molecular formula is C13H18N2O3S. The summed E-state index contributed by atoms with van der Waals surface area (Å²) >= 11 is 0. The van der Waals surface area contributed by atoms with Crippen molar-refractivity contribution in [2.45, 2.75) is 12.8 Å². The van der Waals surface area contributed by atoms with E-state index in [1.54, 1.807) is 0 Å². The van der Waals surface area contributed by atoms with Crippen molar-refractivity contribution in [2.24, 2.45) is 0 Å². The van der Waals surface area contributed by atoms with Crippen molar-refractivity contribution in [2.75, 3.05) is 18.8 Å². The van der Waals surface area contributed by atoms with Gasteiger partial charge in [-0.15, -0.1) is 0 Å². The van der Waals surface area contributed by atoms with E-state index in [1.807, 2.05) is 24.4 Å². The van der Waals surface area contributed by atoms with Crippen LogP contribution in [0.2, 0.25) is 0 Å². The largest absolute Gasteiger partial charge is 0.361 e. The van der Waals surface area contributed by atoms with Crippen molar-refractivity contribution in [1.29, 1.82) is 0 Å². The minimum absolute atomic E-state index is 0.187. The predicted octanol–water partition coefficient (Wildman–Crippen LogP) is 1.58. The molecule has 0 aliphatic carbocycles. The highest BCUT2D eigenvalue weighted by molar-refractivity contribution is 7.85. The Kier molecular flexibility index (Phi) is 4.57. The molecule has 19 heavy (non-hydrogen) atoms. The van der Waals surface area contributed by atoms with Gasteiger partial charge in [-0.05, 0) is 37.6 Å². The van der Waals surface area contributed by atoms with E-state index < -0.39 is 10.1 Å². The third-order valence-electron chi connectivity index (χ3n) is 3.00. The summed E-state index contributed by atoms with van der Waals surface area (Å²) < 4.78 is 29.6. The topological polar surface area (TPSA) is 82.2 Å². The fourth-order valence-electron chi connectivity index (χ4n) is 2.07. The monoisotopic (exact) mass is 282 g/mol. The Morgan fingerprint density at radius 2 is 2.00 bits per heavy atom. The van der Waals surface area contributed by atoms with Crippen molar-refractivity contribution in [3.8, 4) is 0 Å². The molecule has 104 valence electrons. The van der Waals surface area contributed by atoms with Crippen molar-refractivity contribution in [1.82, 2.24) is 10.3 Å². The molecule has 2 rings (SSSR count). The molecule has 0 aliphatic heterocycles. The zero-order valence-corrected chi connectivity index (χ0v) is 11.4. The standard InChI is InChI=1S/C13H18N2O3S/c16-19(17,18)9-3-7-14-8-6-11-10-15-13-5-2-1-4-12(11)13/h1-2,4-5,10,14-15H,3,6-9H2,(H,16,17,18). The number of aromatic amines is 1. The average Bonchev–Trinajstić information content (AvgIpc) is 2.76. The van der Waals surface area contributed by atoms with Crippen molar-refractivity contribution in [3.05, 3.63) is 36.0 Å². The Morgan fingerprint density at radius 3 is 2.79 bits per heavy atom. The van der Waals surface area contributed by atoms with Crippen LogP contribution in [0.15, 0.2) is 30.5 Å². The second-order valence-corrected chi connectivity index (χ2v) is 6.07. The highest BCUT2D eigenvalue weighted by Crippen LogP contribution is 2.17. The molecule has 0 amide bonds. The van der Waals surface area contributed by atoms with E-state index in [0.29, 0.717) is 13.0 Å². The van der Waals surface area contributed by atoms with Gasteiger partial charge in [0, 0.05) is 17.1 Å². The molecule has 0 saturated heterocycles. The van der Waals surface area contributed by atoms with E-state index in [-0.39, 0.29) is 5.75 Å². The van der Waals surface area contributed by atoms with Crippen LogP contribution >= 0.6 is 0 Å². The van der Waals surface area contributed by atoms with Crippen molar-refractivity contribution in [3.63, 3.8) is 0 Å². The maximum absolute atomic E-state index is 10.5. The number of hydrogen-bond donors (Lipinski definition) is 3. The molecular weight excluding hydrogens is 264 g/mol. The minimum atomic E-state index is -3.83. The molecule has 1 heterocycles. The number of para-hydroxylation sites is 1. The molecule has 5 nitrogen and oxygen atoms in total. The molecule has 2 aromatic rings. The van der Waals surface area contributed by atoms with E-state index >= 15 is 0 Å². The van der Waals surface area contributed by atoms with E-state index in [0.717, 1.165) is 18.5 Å². The second-order valence-electron chi connectivity index (χ2n) is 4.50. The Bertz CT molecular complexity index is 634. The number of hydrogen-bond acceptors (Lipinski definition) is 3. The molecule has 0 spiro atoms. The van der Waals surface area contributed by atoms with Crippen molar-refractivity contribution < 1.29 is 13.0 Å². The van der Waals surface area contributed by atoms with Gasteiger partial charge in [0.15, 0.2) is 0 Å². The van der Waals surface area contributed by atoms with Gasteiger partial charge in [0.1, 0.15) is 0 Å². The normalized spacial score (nSPS) is 12.1. The lowest BCUT2D eigenvalue weighted by Gasteiger charge is -2.03. The van der Waals surface area contributed by atoms with Gasteiger partial charge in [0.05, 0.1) is 5.75 Å². The summed E-state index contributed by atoms with van der Waals surface area (Å²) in [6.07, 6.45) is 3.31. The molecule has 0 atom stereocenters. The quantitative estimate of drug-likeness (QED) is 0.532. The molecule has 1 aromatic heterocycles. The van der Waals surface area contributed by atoms with Crippen LogP contribution in [0.3, 0.4) is 0 Å². The third-order valence-corrected chi connectivity index (χ3v) is 3.81. The highest BCUT2D eigenvalue weighted by atomic mass is 32.2. The Labute approximate surface area is 112 Å². The SMILES string of the molecule is O=S(=O)(O)CCCNCCc1c[nH]c2ccccc12. The maximum Gasteiger partial charge on any atom is 0.264 e. The van der Waals surface area contributed by atoms with Crippen LogP contribution in [0, 0.1) is 0 Å². The molecule has 0 aliphatic rings. The van der Waals surface area contributed by atoms with Gasteiger partial charge in [-0.25, -0.2) is 0 Å². The van der Waals surface area contributed by atoms with Gasteiger partial charge in [-0.3, -0.25) is 4.55 Å². The van der Waals surface area contributed by atoms with Crippen LogP contribution in [0.1, 0.15) is 12.0 Å². The Morgan fingerprint density at radius 1 is 1.21 bits per heavy atom. The number of aromatic nitrogens is 1. The van der Waals surface area contributed by atoms with E-state index in [2.05, 4.69) is 16.4 Å². The Balaban J connectivity index is 1.74. The number of nitrogens with one attached hydrogen (secondary N) is 2. The van der Waals surface area contributed by atoms with Crippen LogP contribution in [-0.4, -0.2) is 36.8 Å². The third kappa shape index (κ3) is 4.34. The second kappa shape index (κ2) is 6.18. The highest BCUT2D eigenvalue weighted by Gasteiger charge is 2.04. The smallest absolute Gasteiger partial charge is 0.264 e. The molecule has 1 aromatic carbocycles. The van der Waals surface area contributed by atoms with E-state index in [1.165, 1.54) is 10.9 Å². The van der Waals surface area contributed by atoms with Gasteiger partial charge >= 0.3 is 0 Å². The molecule has 0 radical (unpaired) electrons. The van der Waals surface area contributed by atoms with Gasteiger partial charge in [0.2, 0.25) is 0 Å². The molecule has 0 bridgehead atoms. The summed E-state index contributed by atoms with van der Waals surface area (Å²) in [5, 5.41) is 4.40. The lowest BCUT2D eigenvalue weighted by molar-refractivity contribution is 0.479. The fraction of sp³-hybridized carbons (Fsp3) is 0.385. The summed E-state index contributed by atoms with van der Waals surface area (Å²) in [4.78, 5) is 3.22. The first-order valence-electron chi connectivity index (χ1n) is 6.27. The van der Waals surface area contributed by atoms with Gasteiger partial charge in [0.25, 0.3) is 10.1 Å². The summed E-state index contributed by atoms with van der Waals surface area (Å²) in [5.74, 6) is -0.187. The number of rotatable bonds is 7. The van der Waals surface area contributed by atoms with Crippen LogP contribution in [0.4, 0.5) is 0 Å². The molecule has 0 saturated carbocycles. The molecule has 0 fully saturated rings. The maximum atomic E-state index is 10.5. The minimum Gasteiger partial charge on any atom is -0.361 e. The van der Waals surface area contributed by atoms with Crippen LogP contribution in [0.25, 0.3) is 10.9 Å². The van der Waals surface area contributed by atoms with Crippen LogP contribution < -0.4 is 5.32 Å². The van der Waals surface area contributed by atoms with Crippen molar-refractivity contribution >= 4 is 21.0 Å². The van der Waals surface area contributed by atoms with E-state index in [4.69, 9.17) is 4.55 Å². The Hall–Kier alpha value is -1.37. The van der Waals surface area contributed by atoms with Gasteiger partial charge < -0.3 is 10.3 Å². The molecule has 0 unspecified atom stereocenters. The first kappa shape index (κ1) is 14.0. The van der Waals surface area contributed by atoms with Crippen LogP contribution in [-0.2, 0) is 16.5 Å².